The summed E-state index contributed by atoms with van der Waals surface area (Å²) in [6.45, 7) is 0. The van der Waals surface area contributed by atoms with Gasteiger partial charge in [-0.2, -0.15) is 0 Å². The van der Waals surface area contributed by atoms with Gasteiger partial charge in [0.25, 0.3) is 0 Å². The zero-order chi connectivity index (χ0) is 11.7. The van der Waals surface area contributed by atoms with Crippen molar-refractivity contribution in [2.45, 2.75) is 0 Å². The molecule has 0 spiro atoms. The van der Waals surface area contributed by atoms with Crippen molar-refractivity contribution < 1.29 is 8.78 Å². The number of aromatic nitrogens is 2. The van der Waals surface area contributed by atoms with E-state index in [9.17, 15) is 8.78 Å². The highest BCUT2D eigenvalue weighted by molar-refractivity contribution is 6.31. The Morgan fingerprint density at radius 2 is 1.94 bits per heavy atom. The zero-order valence-electron chi connectivity index (χ0n) is 7.92. The third-order valence-corrected chi connectivity index (χ3v) is 2.25. The summed E-state index contributed by atoms with van der Waals surface area (Å²) in [5.74, 6) is -1.28. The van der Waals surface area contributed by atoms with Crippen molar-refractivity contribution in [3.8, 4) is 11.3 Å². The van der Waals surface area contributed by atoms with Gasteiger partial charge in [0.05, 0.1) is 11.2 Å². The van der Waals surface area contributed by atoms with Crippen molar-refractivity contribution in [1.82, 2.24) is 9.97 Å². The van der Waals surface area contributed by atoms with E-state index in [-0.39, 0.29) is 16.7 Å². The van der Waals surface area contributed by atoms with E-state index in [1.165, 1.54) is 12.1 Å². The maximum Gasteiger partial charge on any atom is 0.220 e. The summed E-state index contributed by atoms with van der Waals surface area (Å²) in [7, 11) is 0. The van der Waals surface area contributed by atoms with E-state index in [1.54, 1.807) is 0 Å². The molecular weight excluding hydrogens is 236 g/mol. The standard InChI is InChI=1S/C10H6ClF2N3/c11-6-3-5(1-2-7(6)12)9-8(13)4-15-10(14)16-9/h1-4H,(H2,14,15,16). The molecule has 2 aromatic rings. The molecule has 1 aromatic carbocycles. The Labute approximate surface area is 94.9 Å². The van der Waals surface area contributed by atoms with Gasteiger partial charge in [0, 0.05) is 5.56 Å². The number of nitrogens with zero attached hydrogens (tertiary/aromatic N) is 2. The van der Waals surface area contributed by atoms with Crippen LogP contribution >= 0.6 is 11.6 Å². The van der Waals surface area contributed by atoms with Crippen molar-refractivity contribution in [3.63, 3.8) is 0 Å². The van der Waals surface area contributed by atoms with Gasteiger partial charge in [-0.05, 0) is 18.2 Å². The summed E-state index contributed by atoms with van der Waals surface area (Å²) in [4.78, 5) is 7.21. The quantitative estimate of drug-likeness (QED) is 0.835. The molecular formula is C10H6ClF2N3. The van der Waals surface area contributed by atoms with Crippen LogP contribution in [0, 0.1) is 11.6 Å². The highest BCUT2D eigenvalue weighted by Gasteiger charge is 2.10. The van der Waals surface area contributed by atoms with Crippen LogP contribution in [0.4, 0.5) is 14.7 Å². The summed E-state index contributed by atoms with van der Waals surface area (Å²) < 4.78 is 26.3. The lowest BCUT2D eigenvalue weighted by Gasteiger charge is -2.03. The molecule has 0 unspecified atom stereocenters. The van der Waals surface area contributed by atoms with Gasteiger partial charge < -0.3 is 5.73 Å². The molecule has 0 amide bonds. The fourth-order valence-corrected chi connectivity index (χ4v) is 1.41. The Morgan fingerprint density at radius 1 is 1.19 bits per heavy atom. The largest absolute Gasteiger partial charge is 0.368 e. The van der Waals surface area contributed by atoms with E-state index in [2.05, 4.69) is 9.97 Å². The average Bonchev–Trinajstić information content (AvgIpc) is 2.26. The lowest BCUT2D eigenvalue weighted by atomic mass is 10.1. The summed E-state index contributed by atoms with van der Waals surface area (Å²) in [6, 6.07) is 3.78. The lowest BCUT2D eigenvalue weighted by Crippen LogP contribution is -1.99. The first-order valence-electron chi connectivity index (χ1n) is 4.31. The normalized spacial score (nSPS) is 10.4. The molecule has 0 bridgehead atoms. The summed E-state index contributed by atoms with van der Waals surface area (Å²) in [5.41, 5.74) is 5.68. The number of anilines is 1. The van der Waals surface area contributed by atoms with Crippen LogP contribution in [0.3, 0.4) is 0 Å². The van der Waals surface area contributed by atoms with Gasteiger partial charge in [0.15, 0.2) is 5.82 Å². The lowest BCUT2D eigenvalue weighted by molar-refractivity contribution is 0.617. The molecule has 0 aliphatic rings. The number of nitrogen functional groups attached to an aromatic ring is 1. The molecule has 6 heteroatoms. The molecule has 16 heavy (non-hydrogen) atoms. The average molecular weight is 242 g/mol. The van der Waals surface area contributed by atoms with Crippen molar-refractivity contribution in [2.24, 2.45) is 0 Å². The molecule has 0 aliphatic carbocycles. The van der Waals surface area contributed by atoms with E-state index in [0.717, 1.165) is 12.3 Å². The van der Waals surface area contributed by atoms with Gasteiger partial charge in [-0.1, -0.05) is 11.6 Å². The fraction of sp³-hybridized carbons (Fsp3) is 0. The summed E-state index contributed by atoms with van der Waals surface area (Å²) >= 11 is 5.58. The number of halogens is 3. The SMILES string of the molecule is Nc1ncc(F)c(-c2ccc(F)c(Cl)c2)n1. The number of benzene rings is 1. The number of nitrogens with two attached hydrogens (primary N) is 1. The Hall–Kier alpha value is -1.75. The topological polar surface area (TPSA) is 51.8 Å². The molecule has 3 nitrogen and oxygen atoms in total. The van der Waals surface area contributed by atoms with E-state index in [1.807, 2.05) is 0 Å². The summed E-state index contributed by atoms with van der Waals surface area (Å²) in [5, 5.41) is -0.103. The smallest absolute Gasteiger partial charge is 0.220 e. The molecule has 0 saturated heterocycles. The third kappa shape index (κ3) is 1.94. The van der Waals surface area contributed by atoms with Crippen LogP contribution in [0.1, 0.15) is 0 Å². The molecule has 0 saturated carbocycles. The number of hydrogen-bond donors (Lipinski definition) is 1. The Kier molecular flexibility index (Phi) is 2.70. The molecule has 0 atom stereocenters. The van der Waals surface area contributed by atoms with E-state index >= 15 is 0 Å². The minimum atomic E-state index is -0.642. The molecule has 0 fully saturated rings. The maximum atomic E-state index is 13.4. The number of rotatable bonds is 1. The van der Waals surface area contributed by atoms with Gasteiger partial charge in [-0.3, -0.25) is 0 Å². The first kappa shape index (κ1) is 10.8. The van der Waals surface area contributed by atoms with Gasteiger partial charge in [0.1, 0.15) is 11.5 Å². The predicted octanol–water partition coefficient (Wildman–Crippen LogP) is 2.66. The van der Waals surface area contributed by atoms with Crippen molar-refractivity contribution in [3.05, 3.63) is 41.1 Å². The van der Waals surface area contributed by atoms with Crippen LogP contribution in [0.5, 0.6) is 0 Å². The zero-order valence-corrected chi connectivity index (χ0v) is 8.67. The second-order valence-corrected chi connectivity index (χ2v) is 3.46. The van der Waals surface area contributed by atoms with Crippen LogP contribution in [0.15, 0.2) is 24.4 Å². The second kappa shape index (κ2) is 4.02. The van der Waals surface area contributed by atoms with Crippen LogP contribution in [0.2, 0.25) is 5.02 Å². The van der Waals surface area contributed by atoms with Crippen LogP contribution in [-0.4, -0.2) is 9.97 Å². The van der Waals surface area contributed by atoms with E-state index in [4.69, 9.17) is 17.3 Å². The summed E-state index contributed by atoms with van der Waals surface area (Å²) in [6.07, 6.45) is 0.953. The monoisotopic (exact) mass is 241 g/mol. The number of hydrogen-bond acceptors (Lipinski definition) is 3. The minimum Gasteiger partial charge on any atom is -0.368 e. The van der Waals surface area contributed by atoms with E-state index < -0.39 is 11.6 Å². The Bertz CT molecular complexity index is 546. The third-order valence-electron chi connectivity index (χ3n) is 1.96. The molecule has 1 heterocycles. The Morgan fingerprint density at radius 3 is 2.62 bits per heavy atom. The van der Waals surface area contributed by atoms with Crippen LogP contribution in [-0.2, 0) is 0 Å². The highest BCUT2D eigenvalue weighted by atomic mass is 35.5. The van der Waals surface area contributed by atoms with Gasteiger partial charge in [0.2, 0.25) is 5.95 Å². The molecule has 82 valence electrons. The molecule has 1 aromatic heterocycles. The molecule has 0 radical (unpaired) electrons. The first-order chi connectivity index (χ1) is 7.58. The Balaban J connectivity index is 2.58. The maximum absolute atomic E-state index is 13.4. The van der Waals surface area contributed by atoms with Crippen molar-refractivity contribution >= 4 is 17.5 Å². The fourth-order valence-electron chi connectivity index (χ4n) is 1.23. The molecule has 2 rings (SSSR count). The first-order valence-corrected chi connectivity index (χ1v) is 4.69. The van der Waals surface area contributed by atoms with Crippen molar-refractivity contribution in [1.29, 1.82) is 0 Å². The highest BCUT2D eigenvalue weighted by Crippen LogP contribution is 2.25. The minimum absolute atomic E-state index is 0.00519. The van der Waals surface area contributed by atoms with Gasteiger partial charge in [-0.15, -0.1) is 0 Å². The predicted molar refractivity (Wildman–Crippen MR) is 56.8 cm³/mol. The van der Waals surface area contributed by atoms with Crippen LogP contribution in [0.25, 0.3) is 11.3 Å². The van der Waals surface area contributed by atoms with E-state index in [0.29, 0.717) is 5.56 Å². The molecule has 2 N–H and O–H groups in total. The molecule has 0 aliphatic heterocycles. The van der Waals surface area contributed by atoms with Crippen molar-refractivity contribution in [2.75, 3.05) is 5.73 Å². The van der Waals surface area contributed by atoms with Crippen LogP contribution < -0.4 is 5.73 Å². The van der Waals surface area contributed by atoms with Gasteiger partial charge in [-0.25, -0.2) is 18.7 Å². The second-order valence-electron chi connectivity index (χ2n) is 3.05. The van der Waals surface area contributed by atoms with Gasteiger partial charge >= 0.3 is 0 Å².